The number of rotatable bonds is 8. The van der Waals surface area contributed by atoms with Crippen LogP contribution >= 0.6 is 0 Å². The van der Waals surface area contributed by atoms with E-state index in [2.05, 4.69) is 5.32 Å². The van der Waals surface area contributed by atoms with Crippen LogP contribution in [0.2, 0.25) is 0 Å². The highest BCUT2D eigenvalue weighted by molar-refractivity contribution is 6.24. The Morgan fingerprint density at radius 2 is 1.64 bits per heavy atom. The van der Waals surface area contributed by atoms with Gasteiger partial charge in [-0.15, -0.1) is 0 Å². The monoisotopic (exact) mass is 438 g/mol. The first-order valence-electron chi connectivity index (χ1n) is 10.5. The molecule has 164 valence electrons. The fraction of sp³-hybridized carbons (Fsp3) is 0.0741. The van der Waals surface area contributed by atoms with Crippen LogP contribution in [0, 0.1) is 10.1 Å². The molecule has 1 N–H and O–H groups in total. The average molecular weight is 438 g/mol. The number of nitrogens with one attached hydrogen (secondary N) is 1. The van der Waals surface area contributed by atoms with Crippen LogP contribution in [0.5, 0.6) is 5.75 Å². The first-order valence-corrected chi connectivity index (χ1v) is 10.5. The third-order valence-corrected chi connectivity index (χ3v) is 5.12. The number of carbonyl (C=O) groups excluding carboxylic acids is 1. The van der Waals surface area contributed by atoms with E-state index in [-0.39, 0.29) is 11.6 Å². The van der Waals surface area contributed by atoms with Crippen molar-refractivity contribution in [2.45, 2.75) is 0 Å². The highest BCUT2D eigenvalue weighted by atomic mass is 16.6. The molecule has 0 aromatic heterocycles. The van der Waals surface area contributed by atoms with E-state index < -0.39 is 4.92 Å². The molecular formula is C27H22N2O4. The van der Waals surface area contributed by atoms with E-state index in [0.29, 0.717) is 24.3 Å². The predicted octanol–water partition coefficient (Wildman–Crippen LogP) is 5.48. The van der Waals surface area contributed by atoms with Gasteiger partial charge in [-0.05, 0) is 28.7 Å². The summed E-state index contributed by atoms with van der Waals surface area (Å²) in [5.74, 6) is 0.479. The van der Waals surface area contributed by atoms with Crippen molar-refractivity contribution in [3.05, 3.63) is 118 Å². The largest absolute Gasteiger partial charge is 0.491 e. The van der Waals surface area contributed by atoms with Crippen LogP contribution in [0.3, 0.4) is 0 Å². The second kappa shape index (κ2) is 10.2. The molecular weight excluding hydrogens is 416 g/mol. The van der Waals surface area contributed by atoms with Gasteiger partial charge >= 0.3 is 0 Å². The molecule has 33 heavy (non-hydrogen) atoms. The minimum Gasteiger partial charge on any atom is -0.491 e. The van der Waals surface area contributed by atoms with Gasteiger partial charge in [-0.2, -0.15) is 0 Å². The van der Waals surface area contributed by atoms with Gasteiger partial charge in [0.25, 0.3) is 11.6 Å². The molecule has 0 spiro atoms. The fourth-order valence-electron chi connectivity index (χ4n) is 3.53. The van der Waals surface area contributed by atoms with Gasteiger partial charge in [0.1, 0.15) is 12.4 Å². The van der Waals surface area contributed by atoms with E-state index in [9.17, 15) is 14.9 Å². The second-order valence-corrected chi connectivity index (χ2v) is 7.36. The Hall–Kier alpha value is -4.45. The minimum atomic E-state index is -0.454. The lowest BCUT2D eigenvalue weighted by molar-refractivity contribution is -0.384. The molecule has 6 nitrogen and oxygen atoms in total. The van der Waals surface area contributed by atoms with Gasteiger partial charge in [0.2, 0.25) is 0 Å². The third-order valence-electron chi connectivity index (χ3n) is 5.12. The molecule has 0 unspecified atom stereocenters. The van der Waals surface area contributed by atoms with Crippen LogP contribution < -0.4 is 10.1 Å². The standard InChI is InChI=1S/C27H22N2O4/c30-27(28-16-17-33-26-15-7-12-21-11-4-5-14-24(21)26)25(22-9-2-1-3-10-22)19-20-8-6-13-23(18-20)29(31)32/h1-15,18-19H,16-17H2,(H,28,30)/b25-19+. The zero-order valence-electron chi connectivity index (χ0n) is 17.8. The molecule has 0 atom stereocenters. The number of benzene rings is 4. The van der Waals surface area contributed by atoms with Crippen molar-refractivity contribution in [2.24, 2.45) is 0 Å². The number of amides is 1. The van der Waals surface area contributed by atoms with Gasteiger partial charge in [0, 0.05) is 23.1 Å². The Morgan fingerprint density at radius 1 is 0.909 bits per heavy atom. The van der Waals surface area contributed by atoms with Gasteiger partial charge < -0.3 is 10.1 Å². The summed E-state index contributed by atoms with van der Waals surface area (Å²) < 4.78 is 5.91. The first kappa shape index (κ1) is 21.8. The summed E-state index contributed by atoms with van der Waals surface area (Å²) in [5.41, 5.74) is 1.68. The molecule has 0 bridgehead atoms. The summed E-state index contributed by atoms with van der Waals surface area (Å²) in [6.07, 6.45) is 1.66. The number of hydrogen-bond acceptors (Lipinski definition) is 4. The lowest BCUT2D eigenvalue weighted by Gasteiger charge is -2.12. The van der Waals surface area contributed by atoms with Crippen LogP contribution in [0.25, 0.3) is 22.4 Å². The van der Waals surface area contributed by atoms with E-state index in [0.717, 1.165) is 22.1 Å². The Labute approximate surface area is 191 Å². The van der Waals surface area contributed by atoms with Crippen LogP contribution in [0.15, 0.2) is 97.1 Å². The Morgan fingerprint density at radius 3 is 2.45 bits per heavy atom. The molecule has 0 aliphatic carbocycles. The number of carbonyl (C=O) groups is 1. The fourth-order valence-corrected chi connectivity index (χ4v) is 3.53. The van der Waals surface area contributed by atoms with Gasteiger partial charge in [0.05, 0.1) is 11.5 Å². The third kappa shape index (κ3) is 5.43. The zero-order chi connectivity index (χ0) is 23.0. The van der Waals surface area contributed by atoms with Crippen molar-refractivity contribution in [1.82, 2.24) is 5.32 Å². The highest BCUT2D eigenvalue weighted by Crippen LogP contribution is 2.25. The van der Waals surface area contributed by atoms with Gasteiger partial charge in [-0.3, -0.25) is 14.9 Å². The lowest BCUT2D eigenvalue weighted by Crippen LogP contribution is -2.28. The maximum Gasteiger partial charge on any atom is 0.270 e. The molecule has 0 radical (unpaired) electrons. The summed E-state index contributed by atoms with van der Waals surface area (Å²) in [4.78, 5) is 23.7. The van der Waals surface area contributed by atoms with Crippen molar-refractivity contribution in [3.8, 4) is 5.75 Å². The number of nitro benzene ring substituents is 1. The van der Waals surface area contributed by atoms with Crippen molar-refractivity contribution >= 4 is 34.0 Å². The average Bonchev–Trinajstić information content (AvgIpc) is 2.86. The Bertz CT molecular complexity index is 1310. The summed E-state index contributed by atoms with van der Waals surface area (Å²) in [6.45, 7) is 0.611. The number of non-ortho nitro benzene ring substituents is 1. The van der Waals surface area contributed by atoms with E-state index in [4.69, 9.17) is 4.74 Å². The predicted molar refractivity (Wildman–Crippen MR) is 130 cm³/mol. The van der Waals surface area contributed by atoms with Crippen molar-refractivity contribution in [3.63, 3.8) is 0 Å². The lowest BCUT2D eigenvalue weighted by atomic mass is 10.0. The molecule has 0 aliphatic rings. The molecule has 0 saturated carbocycles. The molecule has 6 heteroatoms. The van der Waals surface area contributed by atoms with E-state index >= 15 is 0 Å². The van der Waals surface area contributed by atoms with Crippen molar-refractivity contribution in [2.75, 3.05) is 13.2 Å². The van der Waals surface area contributed by atoms with Gasteiger partial charge in [-0.25, -0.2) is 0 Å². The Kier molecular flexibility index (Phi) is 6.75. The highest BCUT2D eigenvalue weighted by Gasteiger charge is 2.13. The molecule has 0 saturated heterocycles. The maximum atomic E-state index is 13.0. The molecule has 0 aliphatic heterocycles. The minimum absolute atomic E-state index is 0.0277. The van der Waals surface area contributed by atoms with Crippen LogP contribution in [-0.2, 0) is 4.79 Å². The number of nitrogens with zero attached hydrogens (tertiary/aromatic N) is 1. The summed E-state index contributed by atoms with van der Waals surface area (Å²) in [7, 11) is 0. The van der Waals surface area contributed by atoms with Crippen LogP contribution in [0.4, 0.5) is 5.69 Å². The van der Waals surface area contributed by atoms with E-state index in [1.165, 1.54) is 12.1 Å². The molecule has 0 fully saturated rings. The number of nitro groups is 1. The molecule has 1 amide bonds. The quantitative estimate of drug-likeness (QED) is 0.130. The van der Waals surface area contributed by atoms with E-state index in [1.54, 1.807) is 18.2 Å². The molecule has 0 heterocycles. The number of hydrogen-bond donors (Lipinski definition) is 1. The molecule has 4 aromatic carbocycles. The van der Waals surface area contributed by atoms with Crippen LogP contribution in [-0.4, -0.2) is 24.0 Å². The van der Waals surface area contributed by atoms with Gasteiger partial charge in [0.15, 0.2) is 0 Å². The smallest absolute Gasteiger partial charge is 0.270 e. The number of ether oxygens (including phenoxy) is 1. The summed E-state index contributed by atoms with van der Waals surface area (Å²) >= 11 is 0. The number of fused-ring (bicyclic) bond motifs is 1. The summed E-state index contributed by atoms with van der Waals surface area (Å²) in [6, 6.07) is 29.2. The SMILES string of the molecule is O=C(NCCOc1cccc2ccccc12)/C(=C/c1cccc([N+](=O)[O-])c1)c1ccccc1. The normalized spacial score (nSPS) is 11.2. The maximum absolute atomic E-state index is 13.0. The van der Waals surface area contributed by atoms with Crippen molar-refractivity contribution < 1.29 is 14.5 Å². The zero-order valence-corrected chi connectivity index (χ0v) is 17.8. The van der Waals surface area contributed by atoms with Crippen LogP contribution in [0.1, 0.15) is 11.1 Å². The molecule has 4 rings (SSSR count). The second-order valence-electron chi connectivity index (χ2n) is 7.36. The molecule has 4 aromatic rings. The Balaban J connectivity index is 1.48. The van der Waals surface area contributed by atoms with Crippen molar-refractivity contribution in [1.29, 1.82) is 0 Å². The summed E-state index contributed by atoms with van der Waals surface area (Å²) in [5, 5.41) is 16.1. The van der Waals surface area contributed by atoms with E-state index in [1.807, 2.05) is 72.8 Å². The van der Waals surface area contributed by atoms with Gasteiger partial charge in [-0.1, -0.05) is 78.9 Å². The first-order chi connectivity index (χ1) is 16.1. The topological polar surface area (TPSA) is 81.5 Å².